The first-order valence-electron chi connectivity index (χ1n) is 9.66. The van der Waals surface area contributed by atoms with Crippen LogP contribution in [0.5, 0.6) is 11.5 Å². The van der Waals surface area contributed by atoms with Gasteiger partial charge in [-0.25, -0.2) is 0 Å². The number of methoxy groups -OCH3 is 2. The quantitative estimate of drug-likeness (QED) is 0.691. The van der Waals surface area contributed by atoms with Crippen molar-refractivity contribution in [2.24, 2.45) is 5.92 Å². The molecule has 1 aromatic rings. The second-order valence-electron chi connectivity index (χ2n) is 7.30. The highest BCUT2D eigenvalue weighted by molar-refractivity contribution is 5.85. The van der Waals surface area contributed by atoms with E-state index >= 15 is 0 Å². The Morgan fingerprint density at radius 2 is 1.75 bits per heavy atom. The molecule has 2 heterocycles. The Balaban J connectivity index is 0.00000196. The standard InChI is InChI=1S/C20H31N3O3.2ClH/c1-25-18-11-17(12-19(13-18)26-2)23-10-7-16(14-23)22-20(24)4-3-15-5-8-21-9-6-15;;/h11-13,15-16,21H,3-10,14H2,1-2H3,(H,22,24);2*1H. The van der Waals surface area contributed by atoms with Gasteiger partial charge in [0.25, 0.3) is 0 Å². The maximum atomic E-state index is 12.3. The van der Waals surface area contributed by atoms with Crippen molar-refractivity contribution in [3.8, 4) is 11.5 Å². The zero-order valence-corrected chi connectivity index (χ0v) is 18.4. The molecular weight excluding hydrogens is 401 g/mol. The van der Waals surface area contributed by atoms with Crippen molar-refractivity contribution in [2.45, 2.75) is 38.1 Å². The Bertz CT molecular complexity index is 590. The van der Waals surface area contributed by atoms with Gasteiger partial charge in [0, 0.05) is 49.4 Å². The van der Waals surface area contributed by atoms with Gasteiger partial charge in [-0.05, 0) is 44.7 Å². The van der Waals surface area contributed by atoms with Crippen LogP contribution in [-0.4, -0.2) is 52.3 Å². The summed E-state index contributed by atoms with van der Waals surface area (Å²) in [5.74, 6) is 2.47. The lowest BCUT2D eigenvalue weighted by Gasteiger charge is -2.23. The highest BCUT2D eigenvalue weighted by Crippen LogP contribution is 2.30. The van der Waals surface area contributed by atoms with Crippen LogP contribution in [0, 0.1) is 5.92 Å². The number of hydrogen-bond donors (Lipinski definition) is 2. The van der Waals surface area contributed by atoms with Crippen molar-refractivity contribution in [3.05, 3.63) is 18.2 Å². The fraction of sp³-hybridized carbons (Fsp3) is 0.650. The van der Waals surface area contributed by atoms with E-state index in [-0.39, 0.29) is 36.8 Å². The molecule has 1 atom stereocenters. The van der Waals surface area contributed by atoms with Crippen LogP contribution in [-0.2, 0) is 4.79 Å². The number of piperidine rings is 1. The van der Waals surface area contributed by atoms with E-state index in [2.05, 4.69) is 15.5 Å². The van der Waals surface area contributed by atoms with E-state index in [9.17, 15) is 4.79 Å². The summed E-state index contributed by atoms with van der Waals surface area (Å²) in [7, 11) is 3.32. The van der Waals surface area contributed by atoms with Crippen molar-refractivity contribution < 1.29 is 14.3 Å². The van der Waals surface area contributed by atoms with Crippen molar-refractivity contribution in [1.82, 2.24) is 10.6 Å². The molecule has 2 fully saturated rings. The highest BCUT2D eigenvalue weighted by atomic mass is 35.5. The fourth-order valence-electron chi connectivity index (χ4n) is 3.89. The Kier molecular flexibility index (Phi) is 10.8. The molecule has 0 radical (unpaired) electrons. The number of nitrogens with one attached hydrogen (secondary N) is 2. The number of rotatable bonds is 7. The van der Waals surface area contributed by atoms with Crippen LogP contribution in [0.25, 0.3) is 0 Å². The molecule has 3 rings (SSSR count). The number of anilines is 1. The minimum absolute atomic E-state index is 0. The first kappa shape index (κ1) is 24.7. The predicted molar refractivity (Wildman–Crippen MR) is 118 cm³/mol. The third-order valence-electron chi connectivity index (χ3n) is 5.49. The van der Waals surface area contributed by atoms with Crippen LogP contribution < -0.4 is 25.0 Å². The van der Waals surface area contributed by atoms with Crippen molar-refractivity contribution in [3.63, 3.8) is 0 Å². The van der Waals surface area contributed by atoms with Crippen molar-refractivity contribution >= 4 is 36.4 Å². The average molecular weight is 434 g/mol. The molecule has 0 bridgehead atoms. The number of benzene rings is 1. The van der Waals surface area contributed by atoms with Gasteiger partial charge in [-0.1, -0.05) is 0 Å². The van der Waals surface area contributed by atoms with Crippen molar-refractivity contribution in [1.29, 1.82) is 0 Å². The van der Waals surface area contributed by atoms with E-state index in [0.717, 1.165) is 56.2 Å². The molecule has 160 valence electrons. The summed E-state index contributed by atoms with van der Waals surface area (Å²) in [6.07, 6.45) is 5.02. The van der Waals surface area contributed by atoms with Gasteiger partial charge in [-0.15, -0.1) is 24.8 Å². The van der Waals surface area contributed by atoms with Gasteiger partial charge in [-0.2, -0.15) is 0 Å². The molecular formula is C20H33Cl2N3O3. The molecule has 2 aliphatic rings. The van der Waals surface area contributed by atoms with E-state index in [0.29, 0.717) is 12.3 Å². The smallest absolute Gasteiger partial charge is 0.220 e. The number of hydrogen-bond acceptors (Lipinski definition) is 5. The summed E-state index contributed by atoms with van der Waals surface area (Å²) in [5.41, 5.74) is 1.08. The summed E-state index contributed by atoms with van der Waals surface area (Å²) >= 11 is 0. The summed E-state index contributed by atoms with van der Waals surface area (Å²) in [4.78, 5) is 14.6. The van der Waals surface area contributed by atoms with E-state index < -0.39 is 0 Å². The van der Waals surface area contributed by atoms with Crippen molar-refractivity contribution in [2.75, 3.05) is 45.3 Å². The molecule has 0 aliphatic carbocycles. The normalized spacial score (nSPS) is 19.4. The molecule has 2 saturated heterocycles. The van der Waals surface area contributed by atoms with Gasteiger partial charge >= 0.3 is 0 Å². The Morgan fingerprint density at radius 3 is 2.36 bits per heavy atom. The maximum Gasteiger partial charge on any atom is 0.220 e. The molecule has 1 aromatic carbocycles. The third-order valence-corrected chi connectivity index (χ3v) is 5.49. The van der Waals surface area contributed by atoms with Gasteiger partial charge in [0.15, 0.2) is 0 Å². The SMILES string of the molecule is COc1cc(OC)cc(N2CCC(NC(=O)CCC3CCNCC3)C2)c1.Cl.Cl. The van der Waals surface area contributed by atoms with Crippen LogP contribution in [0.15, 0.2) is 18.2 Å². The minimum atomic E-state index is 0. The van der Waals surface area contributed by atoms with E-state index in [1.54, 1.807) is 14.2 Å². The molecule has 8 heteroatoms. The second kappa shape index (κ2) is 12.2. The lowest BCUT2D eigenvalue weighted by molar-refractivity contribution is -0.122. The Labute approximate surface area is 180 Å². The van der Waals surface area contributed by atoms with E-state index in [1.165, 1.54) is 12.8 Å². The zero-order valence-electron chi connectivity index (χ0n) is 16.7. The molecule has 0 spiro atoms. The molecule has 2 N–H and O–H groups in total. The molecule has 0 aromatic heterocycles. The third kappa shape index (κ3) is 6.90. The van der Waals surface area contributed by atoms with Gasteiger partial charge < -0.3 is 25.0 Å². The van der Waals surface area contributed by atoms with Gasteiger partial charge in [0.05, 0.1) is 14.2 Å². The van der Waals surface area contributed by atoms with Crippen LogP contribution in [0.4, 0.5) is 5.69 Å². The summed E-state index contributed by atoms with van der Waals surface area (Å²) in [5, 5.41) is 6.59. The highest BCUT2D eigenvalue weighted by Gasteiger charge is 2.25. The van der Waals surface area contributed by atoms with Crippen LogP contribution >= 0.6 is 24.8 Å². The van der Waals surface area contributed by atoms with Gasteiger partial charge in [0.2, 0.25) is 5.91 Å². The van der Waals surface area contributed by atoms with E-state index in [1.807, 2.05) is 18.2 Å². The van der Waals surface area contributed by atoms with Crippen LogP contribution in [0.3, 0.4) is 0 Å². The molecule has 28 heavy (non-hydrogen) atoms. The van der Waals surface area contributed by atoms with Crippen LogP contribution in [0.1, 0.15) is 32.1 Å². The summed E-state index contributed by atoms with van der Waals surface area (Å²) < 4.78 is 10.7. The Morgan fingerprint density at radius 1 is 1.11 bits per heavy atom. The fourth-order valence-corrected chi connectivity index (χ4v) is 3.89. The molecule has 6 nitrogen and oxygen atoms in total. The lowest BCUT2D eigenvalue weighted by atomic mass is 9.93. The number of nitrogens with zero attached hydrogens (tertiary/aromatic N) is 1. The number of halogens is 2. The lowest BCUT2D eigenvalue weighted by Crippen LogP contribution is -2.37. The van der Waals surface area contributed by atoms with Gasteiger partial charge in [0.1, 0.15) is 11.5 Å². The minimum Gasteiger partial charge on any atom is -0.497 e. The monoisotopic (exact) mass is 433 g/mol. The topological polar surface area (TPSA) is 62.8 Å². The molecule has 1 amide bonds. The largest absolute Gasteiger partial charge is 0.497 e. The number of amides is 1. The Hall–Kier alpha value is -1.37. The second-order valence-corrected chi connectivity index (χ2v) is 7.30. The average Bonchev–Trinajstić information content (AvgIpc) is 3.15. The first-order valence-corrected chi connectivity index (χ1v) is 9.66. The van der Waals surface area contributed by atoms with E-state index in [4.69, 9.17) is 9.47 Å². The number of carbonyl (C=O) groups is 1. The van der Waals surface area contributed by atoms with Gasteiger partial charge in [-0.3, -0.25) is 4.79 Å². The molecule has 2 aliphatic heterocycles. The summed E-state index contributed by atoms with van der Waals surface area (Å²) in [6.45, 7) is 3.94. The number of ether oxygens (including phenoxy) is 2. The molecule has 0 saturated carbocycles. The summed E-state index contributed by atoms with van der Waals surface area (Å²) in [6, 6.07) is 6.13. The first-order chi connectivity index (χ1) is 12.7. The maximum absolute atomic E-state index is 12.3. The number of carbonyl (C=O) groups excluding carboxylic acids is 1. The predicted octanol–water partition coefficient (Wildman–Crippen LogP) is 3.02. The van der Waals surface area contributed by atoms with Crippen LogP contribution in [0.2, 0.25) is 0 Å². The molecule has 1 unspecified atom stereocenters. The zero-order chi connectivity index (χ0) is 18.4.